The Kier molecular flexibility index (Phi) is 4.73. The Morgan fingerprint density at radius 1 is 1.05 bits per heavy atom. The van der Waals surface area contributed by atoms with Gasteiger partial charge < -0.3 is 5.73 Å². The fraction of sp³-hybridized carbons (Fsp3) is 0.143. The Labute approximate surface area is 131 Å². The van der Waals surface area contributed by atoms with Crippen molar-refractivity contribution in [3.05, 3.63) is 63.1 Å². The highest BCUT2D eigenvalue weighted by atomic mass is 79.9. The highest BCUT2D eigenvalue weighted by molar-refractivity contribution is 9.10. The van der Waals surface area contributed by atoms with Crippen molar-refractivity contribution >= 4 is 43.1 Å². The number of benzene rings is 2. The van der Waals surface area contributed by atoms with E-state index in [9.17, 15) is 8.42 Å². The predicted octanol–water partition coefficient (Wildman–Crippen LogP) is 3.80. The van der Waals surface area contributed by atoms with Gasteiger partial charge in [-0.3, -0.25) is 0 Å². The van der Waals surface area contributed by atoms with Gasteiger partial charge in [-0.05, 0) is 29.3 Å². The molecule has 0 aromatic heterocycles. The molecule has 0 aliphatic heterocycles. The maximum absolute atomic E-state index is 12.2. The van der Waals surface area contributed by atoms with E-state index in [4.69, 9.17) is 17.3 Å². The van der Waals surface area contributed by atoms with Gasteiger partial charge in [0.15, 0.2) is 9.84 Å². The Morgan fingerprint density at radius 3 is 2.35 bits per heavy atom. The maximum Gasteiger partial charge on any atom is 0.158 e. The minimum Gasteiger partial charge on any atom is -0.398 e. The van der Waals surface area contributed by atoms with Crippen molar-refractivity contribution in [2.75, 3.05) is 5.73 Å². The first kappa shape index (κ1) is 15.4. The van der Waals surface area contributed by atoms with Crippen LogP contribution in [0.3, 0.4) is 0 Å². The molecule has 0 spiro atoms. The number of halogens is 2. The summed E-state index contributed by atoms with van der Waals surface area (Å²) in [4.78, 5) is 0. The lowest BCUT2D eigenvalue weighted by Gasteiger charge is -2.09. The zero-order valence-electron chi connectivity index (χ0n) is 10.5. The van der Waals surface area contributed by atoms with Crippen LogP contribution in [-0.4, -0.2) is 8.42 Å². The molecular formula is C14H13BrClNO2S. The Morgan fingerprint density at radius 2 is 1.70 bits per heavy atom. The molecule has 0 bridgehead atoms. The molecule has 0 radical (unpaired) electrons. The molecule has 0 atom stereocenters. The highest BCUT2D eigenvalue weighted by Crippen LogP contribution is 2.23. The quantitative estimate of drug-likeness (QED) is 0.828. The van der Waals surface area contributed by atoms with Gasteiger partial charge in [-0.2, -0.15) is 0 Å². The fourth-order valence-electron chi connectivity index (χ4n) is 1.84. The molecule has 20 heavy (non-hydrogen) atoms. The molecule has 6 heteroatoms. The number of nitrogen functional groups attached to an aromatic ring is 1. The fourth-order valence-corrected chi connectivity index (χ4v) is 4.06. The molecule has 0 saturated carbocycles. The summed E-state index contributed by atoms with van der Waals surface area (Å²) in [7, 11) is -3.33. The first-order valence-electron chi connectivity index (χ1n) is 5.85. The van der Waals surface area contributed by atoms with Gasteiger partial charge in [-0.15, -0.1) is 0 Å². The Bertz CT molecular complexity index is 732. The number of hydrogen-bond acceptors (Lipinski definition) is 3. The normalized spacial score (nSPS) is 11.5. The average molecular weight is 375 g/mol. The SMILES string of the molecule is Nc1cc(Br)ccc1CS(=O)(=O)Cc1ccccc1Cl. The van der Waals surface area contributed by atoms with Crippen LogP contribution in [0.2, 0.25) is 5.02 Å². The largest absolute Gasteiger partial charge is 0.398 e. The molecule has 2 aromatic rings. The lowest BCUT2D eigenvalue weighted by molar-refractivity contribution is 0.594. The third-order valence-electron chi connectivity index (χ3n) is 2.82. The minimum atomic E-state index is -3.33. The van der Waals surface area contributed by atoms with E-state index in [2.05, 4.69) is 15.9 Å². The second-order valence-electron chi connectivity index (χ2n) is 4.47. The summed E-state index contributed by atoms with van der Waals surface area (Å²) >= 11 is 9.28. The lowest BCUT2D eigenvalue weighted by atomic mass is 10.2. The van der Waals surface area contributed by atoms with Crippen LogP contribution in [-0.2, 0) is 21.3 Å². The Hall–Kier alpha value is -1.04. The number of rotatable bonds is 4. The van der Waals surface area contributed by atoms with Gasteiger partial charge >= 0.3 is 0 Å². The molecule has 0 aliphatic carbocycles. The van der Waals surface area contributed by atoms with E-state index in [1.807, 2.05) is 0 Å². The molecule has 2 rings (SSSR count). The van der Waals surface area contributed by atoms with Crippen molar-refractivity contribution in [1.82, 2.24) is 0 Å². The van der Waals surface area contributed by atoms with Crippen molar-refractivity contribution in [3.8, 4) is 0 Å². The van der Waals surface area contributed by atoms with Gasteiger partial charge in [-0.25, -0.2) is 8.42 Å². The average Bonchev–Trinajstić information content (AvgIpc) is 2.35. The van der Waals surface area contributed by atoms with Gasteiger partial charge in [0, 0.05) is 15.2 Å². The van der Waals surface area contributed by atoms with E-state index in [1.54, 1.807) is 42.5 Å². The number of nitrogens with two attached hydrogens (primary N) is 1. The highest BCUT2D eigenvalue weighted by Gasteiger charge is 2.16. The van der Waals surface area contributed by atoms with Crippen LogP contribution in [0.4, 0.5) is 5.69 Å². The molecule has 0 amide bonds. The summed E-state index contributed by atoms with van der Waals surface area (Å²) < 4.78 is 25.3. The van der Waals surface area contributed by atoms with Gasteiger partial charge in [0.2, 0.25) is 0 Å². The smallest absolute Gasteiger partial charge is 0.158 e. The van der Waals surface area contributed by atoms with E-state index in [0.29, 0.717) is 21.8 Å². The van der Waals surface area contributed by atoms with Gasteiger partial charge in [0.25, 0.3) is 0 Å². The molecule has 0 fully saturated rings. The third-order valence-corrected chi connectivity index (χ3v) is 5.18. The second-order valence-corrected chi connectivity index (χ2v) is 7.85. The van der Waals surface area contributed by atoms with E-state index in [1.165, 1.54) is 0 Å². The zero-order chi connectivity index (χ0) is 14.8. The molecule has 106 valence electrons. The number of sulfone groups is 1. The Balaban J connectivity index is 2.22. The van der Waals surface area contributed by atoms with E-state index in [0.717, 1.165) is 4.47 Å². The molecular weight excluding hydrogens is 362 g/mol. The predicted molar refractivity (Wildman–Crippen MR) is 86.3 cm³/mol. The summed E-state index contributed by atoms with van der Waals surface area (Å²) in [5, 5.41) is 0.458. The first-order chi connectivity index (χ1) is 9.37. The van der Waals surface area contributed by atoms with Crippen LogP contribution in [0, 0.1) is 0 Å². The molecule has 3 nitrogen and oxygen atoms in total. The van der Waals surface area contributed by atoms with Gasteiger partial charge in [0.1, 0.15) is 0 Å². The van der Waals surface area contributed by atoms with Crippen molar-refractivity contribution in [2.24, 2.45) is 0 Å². The summed E-state index contributed by atoms with van der Waals surface area (Å²) in [6.07, 6.45) is 0. The number of hydrogen-bond donors (Lipinski definition) is 1. The summed E-state index contributed by atoms with van der Waals surface area (Å²) in [5.74, 6) is -0.195. The molecule has 0 saturated heterocycles. The van der Waals surface area contributed by atoms with Crippen LogP contribution in [0.1, 0.15) is 11.1 Å². The van der Waals surface area contributed by atoms with Crippen molar-refractivity contribution in [3.63, 3.8) is 0 Å². The van der Waals surface area contributed by atoms with Gasteiger partial charge in [-0.1, -0.05) is 51.8 Å². The van der Waals surface area contributed by atoms with E-state index >= 15 is 0 Å². The van der Waals surface area contributed by atoms with Crippen LogP contribution >= 0.6 is 27.5 Å². The standard InChI is InChI=1S/C14H13BrClNO2S/c15-12-6-5-11(14(17)7-12)9-20(18,19)8-10-3-1-2-4-13(10)16/h1-7H,8-9,17H2. The first-order valence-corrected chi connectivity index (χ1v) is 8.84. The molecule has 0 unspecified atom stereocenters. The second kappa shape index (κ2) is 6.16. The molecule has 0 heterocycles. The third kappa shape index (κ3) is 3.98. The van der Waals surface area contributed by atoms with Crippen LogP contribution in [0.15, 0.2) is 46.9 Å². The van der Waals surface area contributed by atoms with E-state index < -0.39 is 9.84 Å². The van der Waals surface area contributed by atoms with Crippen LogP contribution in [0.5, 0.6) is 0 Å². The van der Waals surface area contributed by atoms with Gasteiger partial charge in [0.05, 0.1) is 11.5 Å². The molecule has 2 N–H and O–H groups in total. The van der Waals surface area contributed by atoms with Crippen molar-refractivity contribution in [1.29, 1.82) is 0 Å². The number of anilines is 1. The maximum atomic E-state index is 12.2. The topological polar surface area (TPSA) is 60.2 Å². The summed E-state index contributed by atoms with van der Waals surface area (Å²) in [6.45, 7) is 0. The van der Waals surface area contributed by atoms with Crippen LogP contribution in [0.25, 0.3) is 0 Å². The monoisotopic (exact) mass is 373 g/mol. The van der Waals surface area contributed by atoms with Crippen LogP contribution < -0.4 is 5.73 Å². The van der Waals surface area contributed by atoms with Crippen molar-refractivity contribution in [2.45, 2.75) is 11.5 Å². The van der Waals surface area contributed by atoms with E-state index in [-0.39, 0.29) is 11.5 Å². The summed E-state index contributed by atoms with van der Waals surface area (Å²) in [5.41, 5.74) is 7.49. The van der Waals surface area contributed by atoms with Crippen molar-refractivity contribution < 1.29 is 8.42 Å². The molecule has 0 aliphatic rings. The molecule has 2 aromatic carbocycles. The minimum absolute atomic E-state index is 0.0951. The lowest BCUT2D eigenvalue weighted by Crippen LogP contribution is -2.09. The zero-order valence-corrected chi connectivity index (χ0v) is 13.7. The summed E-state index contributed by atoms with van der Waals surface area (Å²) in [6, 6.07) is 12.1.